The van der Waals surface area contributed by atoms with Crippen LogP contribution in [0.25, 0.3) is 0 Å². The van der Waals surface area contributed by atoms with Crippen molar-refractivity contribution in [1.29, 1.82) is 0 Å². The molecule has 1 N–H and O–H groups in total. The van der Waals surface area contributed by atoms with Gasteiger partial charge in [0.2, 0.25) is 11.8 Å². The molecule has 0 saturated heterocycles. The third-order valence-corrected chi connectivity index (χ3v) is 6.50. The lowest BCUT2D eigenvalue weighted by atomic mass is 9.71. The van der Waals surface area contributed by atoms with Crippen molar-refractivity contribution in [1.82, 2.24) is 10.2 Å². The molecular weight excluding hydrogens is 356 g/mol. The summed E-state index contributed by atoms with van der Waals surface area (Å²) in [6.07, 6.45) is 5.76. The Balaban J connectivity index is 1.60. The molecule has 1 atom stereocenters. The molecule has 3 aliphatic rings. The Hall–Kier alpha value is -2.24. The Labute approximate surface area is 166 Å². The third-order valence-electron chi connectivity index (χ3n) is 6.50. The number of amides is 2. The van der Waals surface area contributed by atoms with Gasteiger partial charge in [0.1, 0.15) is 13.2 Å². The van der Waals surface area contributed by atoms with E-state index >= 15 is 0 Å². The molecule has 0 bridgehead atoms. The normalized spacial score (nSPS) is 22.1. The molecule has 0 radical (unpaired) electrons. The van der Waals surface area contributed by atoms with Crippen molar-refractivity contribution in [3.8, 4) is 11.5 Å². The van der Waals surface area contributed by atoms with E-state index in [2.05, 4.69) is 29.3 Å². The van der Waals surface area contributed by atoms with Crippen LogP contribution in [0.5, 0.6) is 11.5 Å². The van der Waals surface area contributed by atoms with E-state index in [1.165, 1.54) is 30.9 Å². The highest BCUT2D eigenvalue weighted by Crippen LogP contribution is 2.52. The van der Waals surface area contributed by atoms with Crippen LogP contribution in [0.3, 0.4) is 0 Å². The maximum atomic E-state index is 13.0. The number of hydrogen-bond donors (Lipinski definition) is 1. The van der Waals surface area contributed by atoms with Gasteiger partial charge in [0.05, 0.1) is 6.04 Å². The predicted molar refractivity (Wildman–Crippen MR) is 106 cm³/mol. The fourth-order valence-electron chi connectivity index (χ4n) is 5.06. The van der Waals surface area contributed by atoms with Gasteiger partial charge in [-0.25, -0.2) is 0 Å². The fraction of sp³-hybridized carbons (Fsp3) is 0.636. The lowest BCUT2D eigenvalue weighted by molar-refractivity contribution is -0.135. The van der Waals surface area contributed by atoms with Gasteiger partial charge in [-0.15, -0.1) is 0 Å². The maximum absolute atomic E-state index is 13.0. The van der Waals surface area contributed by atoms with Crippen LogP contribution >= 0.6 is 0 Å². The molecule has 2 amide bonds. The van der Waals surface area contributed by atoms with E-state index in [4.69, 9.17) is 9.47 Å². The highest BCUT2D eigenvalue weighted by Gasteiger charge is 2.46. The van der Waals surface area contributed by atoms with Crippen molar-refractivity contribution >= 4 is 11.8 Å². The van der Waals surface area contributed by atoms with E-state index in [1.807, 2.05) is 0 Å². The Morgan fingerprint density at radius 1 is 1.18 bits per heavy atom. The number of nitrogens with one attached hydrogen (secondary N) is 1. The van der Waals surface area contributed by atoms with Crippen LogP contribution in [-0.4, -0.2) is 43.0 Å². The number of ether oxygens (including phenoxy) is 2. The van der Waals surface area contributed by atoms with E-state index < -0.39 is 0 Å². The summed E-state index contributed by atoms with van der Waals surface area (Å²) in [5.41, 5.74) is 2.59. The second-order valence-electron chi connectivity index (χ2n) is 8.35. The maximum Gasteiger partial charge on any atom is 0.223 e. The summed E-state index contributed by atoms with van der Waals surface area (Å²) < 4.78 is 11.7. The van der Waals surface area contributed by atoms with Crippen LogP contribution in [0.4, 0.5) is 0 Å². The molecule has 1 fully saturated rings. The molecular formula is C22H30N2O4. The first-order valence-corrected chi connectivity index (χ1v) is 10.5. The highest BCUT2D eigenvalue weighted by molar-refractivity contribution is 5.78. The molecule has 1 aromatic carbocycles. The number of benzene rings is 1. The average molecular weight is 386 g/mol. The highest BCUT2D eigenvalue weighted by atomic mass is 16.6. The summed E-state index contributed by atoms with van der Waals surface area (Å²) in [4.78, 5) is 26.1. The molecule has 2 heterocycles. The van der Waals surface area contributed by atoms with E-state index in [-0.39, 0.29) is 23.3 Å². The van der Waals surface area contributed by atoms with Gasteiger partial charge in [-0.05, 0) is 49.4 Å². The van der Waals surface area contributed by atoms with Crippen LogP contribution in [-0.2, 0) is 15.0 Å². The molecule has 1 aromatic rings. The Morgan fingerprint density at radius 3 is 2.54 bits per heavy atom. The van der Waals surface area contributed by atoms with Gasteiger partial charge in [-0.2, -0.15) is 0 Å². The van der Waals surface area contributed by atoms with Crippen molar-refractivity contribution in [2.24, 2.45) is 0 Å². The van der Waals surface area contributed by atoms with Crippen LogP contribution < -0.4 is 14.8 Å². The van der Waals surface area contributed by atoms with Crippen molar-refractivity contribution in [2.75, 3.05) is 26.3 Å². The van der Waals surface area contributed by atoms with Gasteiger partial charge in [0.15, 0.2) is 11.5 Å². The van der Waals surface area contributed by atoms with Crippen molar-refractivity contribution in [2.45, 2.75) is 63.8 Å². The number of nitrogens with zero attached hydrogens (tertiary/aromatic N) is 1. The average Bonchev–Trinajstić information content (AvgIpc) is 3.16. The summed E-state index contributed by atoms with van der Waals surface area (Å²) in [6.45, 7) is 6.10. The minimum Gasteiger partial charge on any atom is -0.486 e. The van der Waals surface area contributed by atoms with Crippen molar-refractivity contribution in [3.63, 3.8) is 0 Å². The topological polar surface area (TPSA) is 67.9 Å². The zero-order valence-corrected chi connectivity index (χ0v) is 16.9. The summed E-state index contributed by atoms with van der Waals surface area (Å²) >= 11 is 0. The predicted octanol–water partition coefficient (Wildman–Crippen LogP) is 3.09. The second kappa shape index (κ2) is 7.64. The van der Waals surface area contributed by atoms with Gasteiger partial charge in [0, 0.05) is 31.8 Å². The number of carbonyl (C=O) groups is 2. The zero-order valence-electron chi connectivity index (χ0n) is 16.9. The minimum absolute atomic E-state index is 0.0188. The Kier molecular flexibility index (Phi) is 5.21. The molecule has 1 aliphatic carbocycles. The first-order valence-electron chi connectivity index (χ1n) is 10.5. The van der Waals surface area contributed by atoms with Gasteiger partial charge < -0.3 is 19.7 Å². The van der Waals surface area contributed by atoms with Gasteiger partial charge in [-0.1, -0.05) is 12.8 Å². The molecule has 1 saturated carbocycles. The molecule has 0 aromatic heterocycles. The van der Waals surface area contributed by atoms with Crippen LogP contribution in [0.15, 0.2) is 12.1 Å². The first kappa shape index (κ1) is 19.1. The molecule has 28 heavy (non-hydrogen) atoms. The van der Waals surface area contributed by atoms with Gasteiger partial charge in [-0.3, -0.25) is 9.59 Å². The van der Waals surface area contributed by atoms with Crippen molar-refractivity contribution in [3.05, 3.63) is 23.3 Å². The lowest BCUT2D eigenvalue weighted by Crippen LogP contribution is -2.48. The van der Waals surface area contributed by atoms with E-state index in [0.717, 1.165) is 30.9 Å². The SMILES string of the molecule is CC(=O)NCCCC(=O)N1CC2(CCCC2)c2cc3c(cc2C1C)OCCO3. The first-order chi connectivity index (χ1) is 13.5. The lowest BCUT2D eigenvalue weighted by Gasteiger charge is -2.46. The standard InChI is InChI=1S/C22H30N2O4/c1-15-17-12-19-20(28-11-10-27-19)13-18(17)22(7-3-4-8-22)14-24(15)21(26)6-5-9-23-16(2)25/h12-13,15H,3-11,14H2,1-2H3,(H,23,25). The van der Waals surface area contributed by atoms with Gasteiger partial charge in [0.25, 0.3) is 0 Å². The molecule has 6 nitrogen and oxygen atoms in total. The van der Waals surface area contributed by atoms with E-state index in [0.29, 0.717) is 32.6 Å². The van der Waals surface area contributed by atoms with E-state index in [1.54, 1.807) is 0 Å². The quantitative estimate of drug-likeness (QED) is 0.808. The summed E-state index contributed by atoms with van der Waals surface area (Å²) in [5.74, 6) is 1.76. The summed E-state index contributed by atoms with van der Waals surface area (Å²) in [7, 11) is 0. The minimum atomic E-state index is -0.0513. The van der Waals surface area contributed by atoms with E-state index in [9.17, 15) is 9.59 Å². The number of carbonyl (C=O) groups excluding carboxylic acids is 2. The number of fused-ring (bicyclic) bond motifs is 3. The Bertz CT molecular complexity index is 770. The summed E-state index contributed by atoms with van der Waals surface area (Å²) in [6, 6.07) is 4.31. The van der Waals surface area contributed by atoms with Crippen molar-refractivity contribution < 1.29 is 19.1 Å². The largest absolute Gasteiger partial charge is 0.486 e. The Morgan fingerprint density at radius 2 is 1.86 bits per heavy atom. The third kappa shape index (κ3) is 3.45. The molecule has 1 unspecified atom stereocenters. The molecule has 6 heteroatoms. The zero-order chi connectivity index (χ0) is 19.7. The molecule has 2 aliphatic heterocycles. The second-order valence-corrected chi connectivity index (χ2v) is 8.35. The fourth-order valence-corrected chi connectivity index (χ4v) is 5.06. The molecule has 4 rings (SSSR count). The molecule has 1 spiro atoms. The van der Waals surface area contributed by atoms with Crippen LogP contribution in [0.2, 0.25) is 0 Å². The van der Waals surface area contributed by atoms with Crippen LogP contribution in [0, 0.1) is 0 Å². The summed E-state index contributed by atoms with van der Waals surface area (Å²) in [5, 5.41) is 2.77. The monoisotopic (exact) mass is 386 g/mol. The smallest absolute Gasteiger partial charge is 0.223 e. The van der Waals surface area contributed by atoms with Gasteiger partial charge >= 0.3 is 0 Å². The number of rotatable bonds is 4. The van der Waals surface area contributed by atoms with Crippen LogP contribution in [0.1, 0.15) is 69.5 Å². The molecule has 152 valence electrons. The number of hydrogen-bond acceptors (Lipinski definition) is 4.